The Bertz CT molecular complexity index is 238. The zero-order valence-corrected chi connectivity index (χ0v) is 11.2. The van der Waals surface area contributed by atoms with Crippen LogP contribution in [-0.4, -0.2) is 36.0 Å². The maximum absolute atomic E-state index is 9.41. The van der Waals surface area contributed by atoms with E-state index in [-0.39, 0.29) is 18.2 Å². The Morgan fingerprint density at radius 3 is 2.71 bits per heavy atom. The van der Waals surface area contributed by atoms with Crippen molar-refractivity contribution in [2.75, 3.05) is 13.2 Å². The maximum atomic E-state index is 9.41. The van der Waals surface area contributed by atoms with Crippen LogP contribution in [0.5, 0.6) is 0 Å². The van der Waals surface area contributed by atoms with E-state index in [0.29, 0.717) is 12.0 Å². The number of aliphatic hydroxyl groups is 1. The molecule has 1 saturated carbocycles. The van der Waals surface area contributed by atoms with Gasteiger partial charge in [-0.3, -0.25) is 0 Å². The largest absolute Gasteiger partial charge is 0.395 e. The van der Waals surface area contributed by atoms with Crippen LogP contribution in [0.1, 0.15) is 52.4 Å². The lowest BCUT2D eigenvalue weighted by molar-refractivity contribution is -0.136. The van der Waals surface area contributed by atoms with Crippen molar-refractivity contribution in [1.29, 1.82) is 0 Å². The highest BCUT2D eigenvalue weighted by atomic mass is 16.5. The second kappa shape index (κ2) is 5.68. The van der Waals surface area contributed by atoms with Gasteiger partial charge < -0.3 is 15.2 Å². The lowest BCUT2D eigenvalue weighted by Gasteiger charge is -2.48. The lowest BCUT2D eigenvalue weighted by atomic mass is 9.74. The molecule has 3 nitrogen and oxygen atoms in total. The van der Waals surface area contributed by atoms with Gasteiger partial charge in [0.05, 0.1) is 12.2 Å². The molecule has 1 aliphatic carbocycles. The molecule has 2 fully saturated rings. The van der Waals surface area contributed by atoms with Gasteiger partial charge in [0.1, 0.15) is 0 Å². The molecule has 0 aromatic carbocycles. The Morgan fingerprint density at radius 1 is 1.41 bits per heavy atom. The number of aliphatic hydroxyl groups excluding tert-OH is 1. The highest BCUT2D eigenvalue weighted by Gasteiger charge is 2.42. The number of hydrogen-bond acceptors (Lipinski definition) is 3. The van der Waals surface area contributed by atoms with Gasteiger partial charge in [0, 0.05) is 18.7 Å². The molecule has 2 atom stereocenters. The van der Waals surface area contributed by atoms with E-state index in [1.807, 2.05) is 0 Å². The lowest BCUT2D eigenvalue weighted by Crippen LogP contribution is -2.53. The Kier molecular flexibility index (Phi) is 4.45. The van der Waals surface area contributed by atoms with E-state index < -0.39 is 0 Å². The fraction of sp³-hybridized carbons (Fsp3) is 1.00. The van der Waals surface area contributed by atoms with Crippen LogP contribution in [0.15, 0.2) is 0 Å². The molecule has 1 spiro atoms. The van der Waals surface area contributed by atoms with Crippen molar-refractivity contribution in [2.24, 2.45) is 5.92 Å². The average molecular weight is 241 g/mol. The fourth-order valence-electron chi connectivity index (χ4n) is 3.19. The molecular formula is C14H27NO2. The number of hydrogen-bond donors (Lipinski definition) is 2. The number of rotatable bonds is 5. The summed E-state index contributed by atoms with van der Waals surface area (Å²) in [5.41, 5.74) is 0.202. The second-order valence-electron chi connectivity index (χ2n) is 6.25. The molecule has 0 radical (unpaired) electrons. The van der Waals surface area contributed by atoms with Gasteiger partial charge in [-0.1, -0.05) is 13.8 Å². The predicted octanol–water partition coefficient (Wildman–Crippen LogP) is 2.08. The SMILES string of the molecule is CC(C)CC(CO)NC1CCOC2(CCC2)C1. The number of nitrogens with one attached hydrogen (secondary N) is 1. The number of ether oxygens (including phenoxy) is 1. The molecule has 3 heteroatoms. The Morgan fingerprint density at radius 2 is 2.18 bits per heavy atom. The first kappa shape index (κ1) is 13.3. The molecule has 2 N–H and O–H groups in total. The highest BCUT2D eigenvalue weighted by molar-refractivity contribution is 4.96. The minimum Gasteiger partial charge on any atom is -0.395 e. The monoisotopic (exact) mass is 241 g/mol. The van der Waals surface area contributed by atoms with Crippen LogP contribution in [0.25, 0.3) is 0 Å². The van der Waals surface area contributed by atoms with E-state index in [1.165, 1.54) is 19.3 Å². The first-order valence-electron chi connectivity index (χ1n) is 7.14. The second-order valence-corrected chi connectivity index (χ2v) is 6.25. The summed E-state index contributed by atoms with van der Waals surface area (Å²) in [5.74, 6) is 0.636. The molecule has 0 amide bonds. The third-order valence-electron chi connectivity index (χ3n) is 4.21. The third-order valence-corrected chi connectivity index (χ3v) is 4.21. The summed E-state index contributed by atoms with van der Waals surface area (Å²) in [6, 6.07) is 0.801. The molecule has 100 valence electrons. The molecule has 0 aromatic rings. The summed E-state index contributed by atoms with van der Waals surface area (Å²) in [7, 11) is 0. The molecule has 0 bridgehead atoms. The van der Waals surface area contributed by atoms with E-state index in [9.17, 15) is 5.11 Å². The highest BCUT2D eigenvalue weighted by Crippen LogP contribution is 2.42. The van der Waals surface area contributed by atoms with Crippen LogP contribution in [0.3, 0.4) is 0 Å². The zero-order valence-electron chi connectivity index (χ0n) is 11.2. The van der Waals surface area contributed by atoms with Crippen molar-refractivity contribution in [3.63, 3.8) is 0 Å². The summed E-state index contributed by atoms with van der Waals surface area (Å²) in [6.07, 6.45) is 7.08. The maximum Gasteiger partial charge on any atom is 0.0697 e. The van der Waals surface area contributed by atoms with Gasteiger partial charge in [0.2, 0.25) is 0 Å². The molecule has 2 unspecified atom stereocenters. The first-order chi connectivity index (χ1) is 8.13. The van der Waals surface area contributed by atoms with Gasteiger partial charge in [-0.2, -0.15) is 0 Å². The average Bonchev–Trinajstić information content (AvgIpc) is 2.26. The van der Waals surface area contributed by atoms with Gasteiger partial charge in [0.25, 0.3) is 0 Å². The Labute approximate surface area is 105 Å². The zero-order chi connectivity index (χ0) is 12.3. The van der Waals surface area contributed by atoms with Crippen molar-refractivity contribution < 1.29 is 9.84 Å². The summed E-state index contributed by atoms with van der Waals surface area (Å²) < 4.78 is 5.93. The predicted molar refractivity (Wildman–Crippen MR) is 69.0 cm³/mol. The van der Waals surface area contributed by atoms with Crippen LogP contribution < -0.4 is 5.32 Å². The van der Waals surface area contributed by atoms with Crippen LogP contribution in [-0.2, 0) is 4.74 Å². The summed E-state index contributed by atoms with van der Waals surface area (Å²) in [4.78, 5) is 0. The molecule has 1 saturated heterocycles. The molecule has 17 heavy (non-hydrogen) atoms. The van der Waals surface area contributed by atoms with Crippen molar-refractivity contribution in [2.45, 2.75) is 70.1 Å². The fourth-order valence-corrected chi connectivity index (χ4v) is 3.19. The minimum absolute atomic E-state index is 0.202. The van der Waals surface area contributed by atoms with Gasteiger partial charge in [-0.15, -0.1) is 0 Å². The standard InChI is InChI=1S/C14H27NO2/c1-11(2)8-13(10-16)15-12-4-7-17-14(9-12)5-3-6-14/h11-13,15-16H,3-10H2,1-2H3. The summed E-state index contributed by atoms with van der Waals surface area (Å²) in [6.45, 7) is 5.56. The topological polar surface area (TPSA) is 41.5 Å². The van der Waals surface area contributed by atoms with Gasteiger partial charge >= 0.3 is 0 Å². The van der Waals surface area contributed by atoms with Crippen LogP contribution in [0.2, 0.25) is 0 Å². The molecule has 2 rings (SSSR count). The van der Waals surface area contributed by atoms with E-state index in [0.717, 1.165) is 25.9 Å². The van der Waals surface area contributed by atoms with E-state index >= 15 is 0 Å². The van der Waals surface area contributed by atoms with E-state index in [4.69, 9.17) is 4.74 Å². The Hall–Kier alpha value is -0.120. The van der Waals surface area contributed by atoms with Crippen molar-refractivity contribution in [1.82, 2.24) is 5.32 Å². The van der Waals surface area contributed by atoms with Crippen LogP contribution in [0, 0.1) is 5.92 Å². The normalized spacial score (nSPS) is 29.3. The van der Waals surface area contributed by atoms with Crippen molar-refractivity contribution >= 4 is 0 Å². The van der Waals surface area contributed by atoms with Crippen molar-refractivity contribution in [3.8, 4) is 0 Å². The molecule has 1 heterocycles. The van der Waals surface area contributed by atoms with Gasteiger partial charge in [-0.05, 0) is 44.4 Å². The van der Waals surface area contributed by atoms with E-state index in [1.54, 1.807) is 0 Å². The van der Waals surface area contributed by atoms with Gasteiger partial charge in [0.15, 0.2) is 0 Å². The van der Waals surface area contributed by atoms with Crippen LogP contribution >= 0.6 is 0 Å². The molecular weight excluding hydrogens is 214 g/mol. The smallest absolute Gasteiger partial charge is 0.0697 e. The third kappa shape index (κ3) is 3.43. The molecule has 0 aromatic heterocycles. The quantitative estimate of drug-likeness (QED) is 0.774. The van der Waals surface area contributed by atoms with Gasteiger partial charge in [-0.25, -0.2) is 0 Å². The summed E-state index contributed by atoms with van der Waals surface area (Å²) in [5, 5.41) is 13.0. The molecule has 2 aliphatic rings. The molecule has 1 aliphatic heterocycles. The Balaban J connectivity index is 1.80. The van der Waals surface area contributed by atoms with Crippen molar-refractivity contribution in [3.05, 3.63) is 0 Å². The van der Waals surface area contributed by atoms with Crippen LogP contribution in [0.4, 0.5) is 0 Å². The summed E-state index contributed by atoms with van der Waals surface area (Å²) >= 11 is 0. The first-order valence-corrected chi connectivity index (χ1v) is 7.14. The minimum atomic E-state index is 0.202. The van der Waals surface area contributed by atoms with E-state index in [2.05, 4.69) is 19.2 Å².